The van der Waals surface area contributed by atoms with Gasteiger partial charge in [-0.3, -0.25) is 14.4 Å². The molecule has 0 fully saturated rings. The second-order valence-electron chi connectivity index (χ2n) is 7.41. The van der Waals surface area contributed by atoms with Gasteiger partial charge in [0.2, 0.25) is 0 Å². The molecule has 0 aliphatic heterocycles. The molecule has 2 amide bonds. The van der Waals surface area contributed by atoms with Crippen LogP contribution in [0.25, 0.3) is 0 Å². The van der Waals surface area contributed by atoms with E-state index in [1.165, 1.54) is 0 Å². The van der Waals surface area contributed by atoms with Gasteiger partial charge in [0.15, 0.2) is 13.2 Å². The Bertz CT molecular complexity index is 827. The SMILES string of the molecule is CC(C)(C)c1ccc(NC(=O)COC(=O)CNC(=O)COc2ccccc2)cc1. The minimum Gasteiger partial charge on any atom is -0.484 e. The van der Waals surface area contributed by atoms with Crippen molar-refractivity contribution < 1.29 is 23.9 Å². The van der Waals surface area contributed by atoms with E-state index in [0.717, 1.165) is 5.56 Å². The lowest BCUT2D eigenvalue weighted by Gasteiger charge is -2.19. The summed E-state index contributed by atoms with van der Waals surface area (Å²) in [5.74, 6) is -1.08. The van der Waals surface area contributed by atoms with Crippen LogP contribution in [0, 0.1) is 0 Å². The van der Waals surface area contributed by atoms with Crippen molar-refractivity contribution in [2.24, 2.45) is 0 Å². The molecule has 29 heavy (non-hydrogen) atoms. The average Bonchev–Trinajstić information content (AvgIpc) is 2.69. The summed E-state index contributed by atoms with van der Waals surface area (Å²) in [6.45, 7) is 5.31. The van der Waals surface area contributed by atoms with Crippen LogP contribution in [0.5, 0.6) is 5.75 Å². The number of para-hydroxylation sites is 1. The van der Waals surface area contributed by atoms with Gasteiger partial charge in [-0.2, -0.15) is 0 Å². The van der Waals surface area contributed by atoms with Crippen LogP contribution in [0.15, 0.2) is 54.6 Å². The Labute approximate surface area is 170 Å². The summed E-state index contributed by atoms with van der Waals surface area (Å²) in [7, 11) is 0. The van der Waals surface area contributed by atoms with Crippen LogP contribution in [0.1, 0.15) is 26.3 Å². The molecule has 0 heterocycles. The molecular weight excluding hydrogens is 372 g/mol. The van der Waals surface area contributed by atoms with Crippen molar-refractivity contribution in [3.8, 4) is 5.75 Å². The van der Waals surface area contributed by atoms with Gasteiger partial charge in [-0.15, -0.1) is 0 Å². The fourth-order valence-corrected chi connectivity index (χ4v) is 2.34. The average molecular weight is 398 g/mol. The molecule has 0 saturated carbocycles. The number of carbonyl (C=O) groups is 3. The summed E-state index contributed by atoms with van der Waals surface area (Å²) in [5, 5.41) is 5.03. The molecule has 154 valence electrons. The molecule has 0 radical (unpaired) electrons. The van der Waals surface area contributed by atoms with E-state index in [0.29, 0.717) is 11.4 Å². The van der Waals surface area contributed by atoms with Gasteiger partial charge >= 0.3 is 5.97 Å². The minimum atomic E-state index is -0.712. The normalized spacial score (nSPS) is 10.7. The lowest BCUT2D eigenvalue weighted by Crippen LogP contribution is -2.35. The Hall–Kier alpha value is -3.35. The van der Waals surface area contributed by atoms with E-state index < -0.39 is 24.4 Å². The summed E-state index contributed by atoms with van der Waals surface area (Å²) in [6, 6.07) is 16.3. The lowest BCUT2D eigenvalue weighted by atomic mass is 9.87. The first-order chi connectivity index (χ1) is 13.7. The van der Waals surface area contributed by atoms with Crippen molar-refractivity contribution in [2.45, 2.75) is 26.2 Å². The fourth-order valence-electron chi connectivity index (χ4n) is 2.34. The van der Waals surface area contributed by atoms with Crippen LogP contribution in [-0.2, 0) is 24.5 Å². The lowest BCUT2D eigenvalue weighted by molar-refractivity contribution is -0.147. The van der Waals surface area contributed by atoms with Crippen molar-refractivity contribution >= 4 is 23.5 Å². The summed E-state index contributed by atoms with van der Waals surface area (Å²) in [4.78, 5) is 35.3. The van der Waals surface area contributed by atoms with Crippen LogP contribution >= 0.6 is 0 Å². The molecule has 7 nitrogen and oxygen atoms in total. The zero-order valence-corrected chi connectivity index (χ0v) is 16.9. The molecule has 0 unspecified atom stereocenters. The largest absolute Gasteiger partial charge is 0.484 e. The number of nitrogens with one attached hydrogen (secondary N) is 2. The molecule has 0 aliphatic carbocycles. The number of amides is 2. The van der Waals surface area contributed by atoms with Gasteiger partial charge < -0.3 is 20.1 Å². The molecule has 0 aliphatic rings. The van der Waals surface area contributed by atoms with E-state index >= 15 is 0 Å². The number of anilines is 1. The molecule has 0 atom stereocenters. The van der Waals surface area contributed by atoms with Gasteiger partial charge in [0.25, 0.3) is 11.8 Å². The Morgan fingerprint density at radius 2 is 1.52 bits per heavy atom. The number of hydrogen-bond donors (Lipinski definition) is 2. The second kappa shape index (κ2) is 10.3. The Balaban J connectivity index is 1.65. The Morgan fingerprint density at radius 1 is 0.862 bits per heavy atom. The summed E-state index contributed by atoms with van der Waals surface area (Å²) in [5.41, 5.74) is 1.79. The highest BCUT2D eigenvalue weighted by atomic mass is 16.5. The van der Waals surface area contributed by atoms with Crippen LogP contribution in [0.3, 0.4) is 0 Å². The molecule has 0 saturated heterocycles. The maximum absolute atomic E-state index is 11.9. The van der Waals surface area contributed by atoms with Crippen molar-refractivity contribution in [3.05, 3.63) is 60.2 Å². The molecule has 0 spiro atoms. The number of hydrogen-bond acceptors (Lipinski definition) is 5. The summed E-state index contributed by atoms with van der Waals surface area (Å²) in [6.07, 6.45) is 0. The first-order valence-electron chi connectivity index (χ1n) is 9.24. The van der Waals surface area contributed by atoms with E-state index in [9.17, 15) is 14.4 Å². The number of rotatable bonds is 8. The molecule has 2 aromatic rings. The maximum Gasteiger partial charge on any atom is 0.325 e. The number of ether oxygens (including phenoxy) is 2. The third-order valence-electron chi connectivity index (χ3n) is 3.94. The van der Waals surface area contributed by atoms with E-state index in [2.05, 4.69) is 31.4 Å². The van der Waals surface area contributed by atoms with Crippen molar-refractivity contribution in [2.75, 3.05) is 25.1 Å². The quantitative estimate of drug-likeness (QED) is 0.667. The van der Waals surface area contributed by atoms with Crippen molar-refractivity contribution in [3.63, 3.8) is 0 Å². The third kappa shape index (κ3) is 8.04. The standard InChI is InChI=1S/C22H26N2O5/c1-22(2,3)16-9-11-17(12-10-16)24-20(26)15-29-21(27)13-23-19(25)14-28-18-7-5-4-6-8-18/h4-12H,13-15H2,1-3H3,(H,23,25)(H,24,26). The third-order valence-corrected chi connectivity index (χ3v) is 3.94. The number of esters is 1. The molecule has 2 rings (SSSR count). The molecule has 2 aromatic carbocycles. The van der Waals surface area contributed by atoms with Gasteiger partial charge in [-0.1, -0.05) is 51.1 Å². The minimum absolute atomic E-state index is 0.0225. The molecular formula is C22H26N2O5. The van der Waals surface area contributed by atoms with Crippen LogP contribution < -0.4 is 15.4 Å². The van der Waals surface area contributed by atoms with Gasteiger partial charge in [-0.05, 0) is 35.2 Å². The second-order valence-corrected chi connectivity index (χ2v) is 7.41. The molecule has 7 heteroatoms. The fraction of sp³-hybridized carbons (Fsp3) is 0.318. The summed E-state index contributed by atoms with van der Waals surface area (Å²) < 4.78 is 10.1. The zero-order valence-electron chi connectivity index (χ0n) is 16.9. The zero-order chi connectivity index (χ0) is 21.3. The van der Waals surface area contributed by atoms with Crippen LogP contribution in [0.4, 0.5) is 5.69 Å². The molecule has 0 bridgehead atoms. The van der Waals surface area contributed by atoms with Gasteiger partial charge in [0.05, 0.1) is 0 Å². The molecule has 0 aromatic heterocycles. The van der Waals surface area contributed by atoms with E-state index in [1.807, 2.05) is 18.2 Å². The Morgan fingerprint density at radius 3 is 2.14 bits per heavy atom. The van der Waals surface area contributed by atoms with Gasteiger partial charge in [-0.25, -0.2) is 0 Å². The predicted octanol–water partition coefficient (Wildman–Crippen LogP) is 2.66. The first-order valence-corrected chi connectivity index (χ1v) is 9.24. The van der Waals surface area contributed by atoms with E-state index in [1.54, 1.807) is 36.4 Å². The van der Waals surface area contributed by atoms with Crippen molar-refractivity contribution in [1.82, 2.24) is 5.32 Å². The smallest absolute Gasteiger partial charge is 0.325 e. The highest BCUT2D eigenvalue weighted by molar-refractivity contribution is 5.93. The summed E-state index contributed by atoms with van der Waals surface area (Å²) >= 11 is 0. The van der Waals surface area contributed by atoms with Gasteiger partial charge in [0, 0.05) is 5.69 Å². The highest BCUT2D eigenvalue weighted by Crippen LogP contribution is 2.23. The molecule has 2 N–H and O–H groups in total. The Kier molecular flexibility index (Phi) is 7.77. The highest BCUT2D eigenvalue weighted by Gasteiger charge is 2.14. The van der Waals surface area contributed by atoms with E-state index in [-0.39, 0.29) is 18.6 Å². The van der Waals surface area contributed by atoms with Crippen molar-refractivity contribution in [1.29, 1.82) is 0 Å². The predicted molar refractivity (Wildman–Crippen MR) is 110 cm³/mol. The first kappa shape index (κ1) is 21.9. The van der Waals surface area contributed by atoms with Gasteiger partial charge in [0.1, 0.15) is 12.3 Å². The topological polar surface area (TPSA) is 93.7 Å². The number of benzene rings is 2. The monoisotopic (exact) mass is 398 g/mol. The van der Waals surface area contributed by atoms with E-state index in [4.69, 9.17) is 9.47 Å². The maximum atomic E-state index is 11.9. The van der Waals surface area contributed by atoms with Crippen LogP contribution in [0.2, 0.25) is 0 Å². The number of carbonyl (C=O) groups excluding carboxylic acids is 3. The van der Waals surface area contributed by atoms with Crippen LogP contribution in [-0.4, -0.2) is 37.5 Å².